The summed E-state index contributed by atoms with van der Waals surface area (Å²) in [6.07, 6.45) is -0.947. The Morgan fingerprint density at radius 3 is 2.81 bits per heavy atom. The third-order valence-electron chi connectivity index (χ3n) is 1.58. The van der Waals surface area contributed by atoms with Crippen LogP contribution in [0, 0.1) is 0 Å². The number of rotatable bonds is 5. The third-order valence-corrected chi connectivity index (χ3v) is 1.58. The van der Waals surface area contributed by atoms with Crippen LogP contribution in [0.15, 0.2) is 12.1 Å². The molecule has 88 valence electrons. The minimum absolute atomic E-state index is 0.0648. The molecule has 0 fully saturated rings. The fourth-order valence-corrected chi connectivity index (χ4v) is 0.878. The van der Waals surface area contributed by atoms with Crippen molar-refractivity contribution in [3.05, 3.63) is 12.1 Å². The summed E-state index contributed by atoms with van der Waals surface area (Å²) in [5, 5.41) is 27.3. The predicted octanol–water partition coefficient (Wildman–Crippen LogP) is -0.833. The van der Waals surface area contributed by atoms with Gasteiger partial charge in [0, 0.05) is 13.0 Å². The van der Waals surface area contributed by atoms with Gasteiger partial charge < -0.3 is 20.3 Å². The average Bonchev–Trinajstić information content (AvgIpc) is 2.27. The van der Waals surface area contributed by atoms with E-state index < -0.39 is 6.10 Å². The molecule has 0 aliphatic rings. The fraction of sp³-hybridized carbons (Fsp3) is 0.444. The smallest absolute Gasteiger partial charge is 0.233 e. The monoisotopic (exact) mass is 227 g/mol. The van der Waals surface area contributed by atoms with Crippen molar-refractivity contribution in [2.75, 3.05) is 18.5 Å². The normalized spacial score (nSPS) is 11.9. The van der Waals surface area contributed by atoms with E-state index in [1.165, 1.54) is 19.1 Å². The van der Waals surface area contributed by atoms with Gasteiger partial charge in [0.2, 0.25) is 11.8 Å². The lowest BCUT2D eigenvalue weighted by atomic mass is 10.4. The van der Waals surface area contributed by atoms with E-state index in [1.807, 2.05) is 0 Å². The Bertz CT molecular complexity index is 341. The van der Waals surface area contributed by atoms with Crippen LogP contribution in [0.1, 0.15) is 6.92 Å². The summed E-state index contributed by atoms with van der Waals surface area (Å²) >= 11 is 0. The standard InChI is InChI=1S/C9H13N3O4/c1-6(14)10-8-2-3-9(12-11-8)16-5-7(15)4-13/h2-3,7,13,15H,4-5H2,1H3,(H,10,11,14)/t7-/m1/s1. The van der Waals surface area contributed by atoms with Crippen LogP contribution in [0.4, 0.5) is 5.82 Å². The lowest BCUT2D eigenvalue weighted by Gasteiger charge is -2.08. The highest BCUT2D eigenvalue weighted by Crippen LogP contribution is 2.08. The molecule has 1 heterocycles. The molecule has 1 aromatic heterocycles. The molecule has 0 spiro atoms. The van der Waals surface area contributed by atoms with E-state index in [0.717, 1.165) is 0 Å². The van der Waals surface area contributed by atoms with Crippen molar-refractivity contribution in [2.24, 2.45) is 0 Å². The number of aliphatic hydroxyl groups excluding tert-OH is 2. The first-order valence-electron chi connectivity index (χ1n) is 4.65. The first-order chi connectivity index (χ1) is 7.61. The number of anilines is 1. The number of hydrogen-bond acceptors (Lipinski definition) is 6. The number of carbonyl (C=O) groups excluding carboxylic acids is 1. The summed E-state index contributed by atoms with van der Waals surface area (Å²) in [5.74, 6) is 0.294. The second-order valence-corrected chi connectivity index (χ2v) is 3.09. The van der Waals surface area contributed by atoms with Gasteiger partial charge in [-0.15, -0.1) is 10.2 Å². The molecule has 0 bridgehead atoms. The zero-order chi connectivity index (χ0) is 12.0. The molecule has 0 aromatic carbocycles. The van der Waals surface area contributed by atoms with E-state index >= 15 is 0 Å². The molecular formula is C9H13N3O4. The lowest BCUT2D eigenvalue weighted by Crippen LogP contribution is -2.21. The van der Waals surface area contributed by atoms with Crippen LogP contribution < -0.4 is 10.1 Å². The molecule has 7 heteroatoms. The number of nitrogens with one attached hydrogen (secondary N) is 1. The zero-order valence-electron chi connectivity index (χ0n) is 8.75. The van der Waals surface area contributed by atoms with Crippen molar-refractivity contribution >= 4 is 11.7 Å². The lowest BCUT2D eigenvalue weighted by molar-refractivity contribution is -0.114. The topological polar surface area (TPSA) is 105 Å². The van der Waals surface area contributed by atoms with Crippen molar-refractivity contribution in [3.8, 4) is 5.88 Å². The van der Waals surface area contributed by atoms with Gasteiger partial charge in [0.15, 0.2) is 5.82 Å². The number of carbonyl (C=O) groups is 1. The first kappa shape index (κ1) is 12.3. The summed E-state index contributed by atoms with van der Waals surface area (Å²) in [5.41, 5.74) is 0. The molecule has 1 aromatic rings. The van der Waals surface area contributed by atoms with Crippen LogP contribution in [0.2, 0.25) is 0 Å². The van der Waals surface area contributed by atoms with Gasteiger partial charge in [0.1, 0.15) is 12.7 Å². The molecule has 0 unspecified atom stereocenters. The van der Waals surface area contributed by atoms with E-state index in [1.54, 1.807) is 0 Å². The van der Waals surface area contributed by atoms with E-state index in [9.17, 15) is 4.79 Å². The summed E-state index contributed by atoms with van der Waals surface area (Å²) in [7, 11) is 0. The molecule has 0 aliphatic heterocycles. The number of hydrogen-bond donors (Lipinski definition) is 3. The van der Waals surface area contributed by atoms with Gasteiger partial charge in [-0.25, -0.2) is 0 Å². The van der Waals surface area contributed by atoms with Crippen LogP contribution in [0.25, 0.3) is 0 Å². The summed E-state index contributed by atoms with van der Waals surface area (Å²) in [6.45, 7) is 0.922. The van der Waals surface area contributed by atoms with Crippen LogP contribution in [-0.4, -0.2) is 45.6 Å². The van der Waals surface area contributed by atoms with Gasteiger partial charge in [0.05, 0.1) is 6.61 Å². The number of amides is 1. The van der Waals surface area contributed by atoms with Crippen LogP contribution in [-0.2, 0) is 4.79 Å². The number of ether oxygens (including phenoxy) is 1. The van der Waals surface area contributed by atoms with E-state index in [-0.39, 0.29) is 25.0 Å². The molecule has 1 atom stereocenters. The SMILES string of the molecule is CC(=O)Nc1ccc(OC[C@H](O)CO)nn1. The molecule has 0 saturated carbocycles. The Balaban J connectivity index is 2.48. The highest BCUT2D eigenvalue weighted by atomic mass is 16.5. The molecule has 3 N–H and O–H groups in total. The van der Waals surface area contributed by atoms with E-state index in [0.29, 0.717) is 5.82 Å². The van der Waals surface area contributed by atoms with Gasteiger partial charge in [-0.1, -0.05) is 0 Å². The Morgan fingerprint density at radius 2 is 2.31 bits per heavy atom. The molecule has 16 heavy (non-hydrogen) atoms. The largest absolute Gasteiger partial charge is 0.474 e. The summed E-state index contributed by atoms with van der Waals surface area (Å²) < 4.78 is 5.02. The Hall–Kier alpha value is -1.73. The number of aliphatic hydroxyl groups is 2. The van der Waals surface area contributed by atoms with Gasteiger partial charge in [0.25, 0.3) is 0 Å². The van der Waals surface area contributed by atoms with Gasteiger partial charge in [-0.3, -0.25) is 4.79 Å². The second-order valence-electron chi connectivity index (χ2n) is 3.09. The molecule has 0 radical (unpaired) electrons. The van der Waals surface area contributed by atoms with Crippen LogP contribution in [0.3, 0.4) is 0 Å². The predicted molar refractivity (Wildman–Crippen MR) is 54.9 cm³/mol. The maximum Gasteiger partial charge on any atom is 0.233 e. The van der Waals surface area contributed by atoms with Crippen LogP contribution in [0.5, 0.6) is 5.88 Å². The second kappa shape index (κ2) is 5.99. The Kier molecular flexibility index (Phi) is 4.62. The van der Waals surface area contributed by atoms with Crippen molar-refractivity contribution in [1.82, 2.24) is 10.2 Å². The molecule has 7 nitrogen and oxygen atoms in total. The molecule has 1 rings (SSSR count). The van der Waals surface area contributed by atoms with Gasteiger partial charge in [-0.2, -0.15) is 0 Å². The van der Waals surface area contributed by atoms with Crippen molar-refractivity contribution < 1.29 is 19.7 Å². The molecule has 1 amide bonds. The third kappa shape index (κ3) is 4.20. The van der Waals surface area contributed by atoms with Crippen molar-refractivity contribution in [3.63, 3.8) is 0 Å². The summed E-state index contributed by atoms with van der Waals surface area (Å²) in [6, 6.07) is 3.03. The fourth-order valence-electron chi connectivity index (χ4n) is 0.878. The molecular weight excluding hydrogens is 214 g/mol. The maximum atomic E-state index is 10.7. The van der Waals surface area contributed by atoms with Crippen molar-refractivity contribution in [2.45, 2.75) is 13.0 Å². The van der Waals surface area contributed by atoms with Gasteiger partial charge >= 0.3 is 0 Å². The average molecular weight is 227 g/mol. The quantitative estimate of drug-likeness (QED) is 0.606. The van der Waals surface area contributed by atoms with Gasteiger partial charge in [-0.05, 0) is 6.07 Å². The maximum absolute atomic E-state index is 10.7. The zero-order valence-corrected chi connectivity index (χ0v) is 8.75. The Morgan fingerprint density at radius 1 is 1.56 bits per heavy atom. The number of nitrogens with zero attached hydrogens (tertiary/aromatic N) is 2. The first-order valence-corrected chi connectivity index (χ1v) is 4.65. The molecule has 0 saturated heterocycles. The minimum atomic E-state index is -0.947. The minimum Gasteiger partial charge on any atom is -0.474 e. The van der Waals surface area contributed by atoms with Crippen molar-refractivity contribution in [1.29, 1.82) is 0 Å². The highest BCUT2D eigenvalue weighted by Gasteiger charge is 2.04. The van der Waals surface area contributed by atoms with Crippen LogP contribution >= 0.6 is 0 Å². The highest BCUT2D eigenvalue weighted by molar-refractivity contribution is 5.87. The number of aromatic nitrogens is 2. The Labute approximate surface area is 92.1 Å². The molecule has 0 aliphatic carbocycles. The summed E-state index contributed by atoms with van der Waals surface area (Å²) in [4.78, 5) is 10.7. The van der Waals surface area contributed by atoms with E-state index in [4.69, 9.17) is 14.9 Å². The van der Waals surface area contributed by atoms with E-state index in [2.05, 4.69) is 15.5 Å².